The molecule has 0 saturated carbocycles. The molecule has 0 bridgehead atoms. The van der Waals surface area contributed by atoms with E-state index in [0.717, 1.165) is 38.2 Å². The van der Waals surface area contributed by atoms with Gasteiger partial charge in [0.1, 0.15) is 5.75 Å². The van der Waals surface area contributed by atoms with Crippen LogP contribution in [0.25, 0.3) is 0 Å². The van der Waals surface area contributed by atoms with E-state index in [9.17, 15) is 14.7 Å². The lowest BCUT2D eigenvalue weighted by molar-refractivity contribution is -0.135. The molecule has 0 atom stereocenters. The SMILES string of the molecule is C=CC(=O)N1CC(N2CCN(C(=O)CNc3cc(Cl)c(CC)cc3O)CC2)C1. The smallest absolute Gasteiger partial charge is 0.246 e. The summed E-state index contributed by atoms with van der Waals surface area (Å²) in [4.78, 5) is 30.0. The molecule has 1 aromatic carbocycles. The molecular formula is C20H27ClN4O3. The van der Waals surface area contributed by atoms with Gasteiger partial charge in [0.05, 0.1) is 12.2 Å². The average Bonchev–Trinajstić information content (AvgIpc) is 2.67. The van der Waals surface area contributed by atoms with E-state index < -0.39 is 0 Å². The van der Waals surface area contributed by atoms with Crippen LogP contribution >= 0.6 is 11.6 Å². The van der Waals surface area contributed by atoms with Crippen molar-refractivity contribution in [1.29, 1.82) is 0 Å². The number of piperazine rings is 1. The van der Waals surface area contributed by atoms with E-state index >= 15 is 0 Å². The number of aromatic hydroxyl groups is 1. The van der Waals surface area contributed by atoms with E-state index in [1.54, 1.807) is 17.0 Å². The second kappa shape index (κ2) is 8.84. The van der Waals surface area contributed by atoms with Gasteiger partial charge in [0.2, 0.25) is 11.8 Å². The number of carbonyl (C=O) groups is 2. The van der Waals surface area contributed by atoms with Gasteiger partial charge in [0.25, 0.3) is 0 Å². The molecule has 2 aliphatic heterocycles. The second-order valence-electron chi connectivity index (χ2n) is 7.19. The first-order valence-electron chi connectivity index (χ1n) is 9.61. The molecule has 0 unspecified atom stereocenters. The Kier molecular flexibility index (Phi) is 6.46. The topological polar surface area (TPSA) is 76.1 Å². The first-order valence-corrected chi connectivity index (χ1v) is 9.99. The summed E-state index contributed by atoms with van der Waals surface area (Å²) in [7, 11) is 0. The third-order valence-electron chi connectivity index (χ3n) is 5.51. The fourth-order valence-electron chi connectivity index (χ4n) is 3.63. The van der Waals surface area contributed by atoms with Gasteiger partial charge >= 0.3 is 0 Å². The summed E-state index contributed by atoms with van der Waals surface area (Å²) in [6, 6.07) is 3.66. The molecule has 2 heterocycles. The van der Waals surface area contributed by atoms with Crippen molar-refractivity contribution in [1.82, 2.24) is 14.7 Å². The first-order chi connectivity index (χ1) is 13.4. The highest BCUT2D eigenvalue weighted by molar-refractivity contribution is 6.31. The van der Waals surface area contributed by atoms with E-state index in [1.807, 2.05) is 11.8 Å². The van der Waals surface area contributed by atoms with Crippen molar-refractivity contribution in [2.75, 3.05) is 51.1 Å². The molecule has 2 aliphatic rings. The van der Waals surface area contributed by atoms with Gasteiger partial charge in [-0.1, -0.05) is 25.1 Å². The Bertz CT molecular complexity index is 756. The number of phenolic OH excluding ortho intramolecular Hbond substituents is 1. The number of likely N-dealkylation sites (tertiary alicyclic amines) is 1. The summed E-state index contributed by atoms with van der Waals surface area (Å²) in [5.74, 6) is 0.0701. The van der Waals surface area contributed by atoms with Crippen LogP contribution in [0.2, 0.25) is 5.02 Å². The highest BCUT2D eigenvalue weighted by Crippen LogP contribution is 2.30. The molecule has 8 heteroatoms. The summed E-state index contributed by atoms with van der Waals surface area (Å²) in [6.45, 7) is 9.97. The number of carbonyl (C=O) groups excluding carboxylic acids is 2. The molecule has 7 nitrogen and oxygen atoms in total. The van der Waals surface area contributed by atoms with Crippen molar-refractivity contribution < 1.29 is 14.7 Å². The minimum atomic E-state index is -0.0218. The lowest BCUT2D eigenvalue weighted by Gasteiger charge is -2.47. The molecule has 0 aliphatic carbocycles. The van der Waals surface area contributed by atoms with Crippen LogP contribution < -0.4 is 5.32 Å². The van der Waals surface area contributed by atoms with E-state index in [4.69, 9.17) is 11.6 Å². The quantitative estimate of drug-likeness (QED) is 0.554. The molecular weight excluding hydrogens is 380 g/mol. The predicted molar refractivity (Wildman–Crippen MR) is 110 cm³/mol. The van der Waals surface area contributed by atoms with Gasteiger partial charge < -0.3 is 20.2 Å². The Balaban J connectivity index is 1.44. The van der Waals surface area contributed by atoms with Crippen molar-refractivity contribution in [2.24, 2.45) is 0 Å². The van der Waals surface area contributed by atoms with Crippen LogP contribution in [0.3, 0.4) is 0 Å². The van der Waals surface area contributed by atoms with E-state index in [-0.39, 0.29) is 24.1 Å². The molecule has 1 aromatic rings. The van der Waals surface area contributed by atoms with Gasteiger partial charge in [-0.15, -0.1) is 0 Å². The number of phenols is 1. The third-order valence-corrected chi connectivity index (χ3v) is 5.86. The molecule has 152 valence electrons. The summed E-state index contributed by atoms with van der Waals surface area (Å²) in [6.07, 6.45) is 2.08. The molecule has 2 fully saturated rings. The maximum atomic E-state index is 12.5. The Labute approximate surface area is 170 Å². The van der Waals surface area contributed by atoms with Gasteiger partial charge in [-0.3, -0.25) is 14.5 Å². The Morgan fingerprint density at radius 3 is 2.54 bits per heavy atom. The van der Waals surface area contributed by atoms with E-state index in [1.165, 1.54) is 6.08 Å². The standard InChI is InChI=1S/C20H27ClN4O3/c1-3-14-9-18(26)17(10-16(14)21)22-11-20(28)24-7-5-23(6-8-24)15-12-25(13-15)19(27)4-2/h4,9-10,15,22,26H,2-3,5-8,11-13H2,1H3. The molecule has 2 N–H and O–H groups in total. The van der Waals surface area contributed by atoms with Gasteiger partial charge in [0.15, 0.2) is 0 Å². The number of nitrogens with one attached hydrogen (secondary N) is 1. The fourth-order valence-corrected chi connectivity index (χ4v) is 3.93. The van der Waals surface area contributed by atoms with Crippen LogP contribution in [-0.4, -0.2) is 83.5 Å². The van der Waals surface area contributed by atoms with Gasteiger partial charge in [0, 0.05) is 50.3 Å². The molecule has 3 rings (SSSR count). The first kappa shape index (κ1) is 20.5. The van der Waals surface area contributed by atoms with Crippen LogP contribution in [0.5, 0.6) is 5.75 Å². The van der Waals surface area contributed by atoms with Crippen molar-refractivity contribution >= 4 is 29.1 Å². The highest BCUT2D eigenvalue weighted by Gasteiger charge is 2.35. The Hall–Kier alpha value is -2.25. The van der Waals surface area contributed by atoms with Crippen molar-refractivity contribution in [2.45, 2.75) is 19.4 Å². The largest absolute Gasteiger partial charge is 0.506 e. The van der Waals surface area contributed by atoms with E-state index in [2.05, 4.69) is 16.8 Å². The molecule has 28 heavy (non-hydrogen) atoms. The second-order valence-corrected chi connectivity index (χ2v) is 7.59. The fraction of sp³-hybridized carbons (Fsp3) is 0.500. The Morgan fingerprint density at radius 1 is 1.25 bits per heavy atom. The minimum absolute atomic E-state index is 0.00758. The van der Waals surface area contributed by atoms with Gasteiger partial charge in [-0.05, 0) is 30.2 Å². The number of rotatable bonds is 6. The zero-order valence-electron chi connectivity index (χ0n) is 16.2. The summed E-state index contributed by atoms with van der Waals surface area (Å²) in [5.41, 5.74) is 1.34. The Morgan fingerprint density at radius 2 is 1.93 bits per heavy atom. The number of anilines is 1. The summed E-state index contributed by atoms with van der Waals surface area (Å²) in [5, 5.41) is 13.7. The number of aryl methyl sites for hydroxylation is 1. The van der Waals surface area contributed by atoms with Crippen molar-refractivity contribution in [3.8, 4) is 5.75 Å². The van der Waals surface area contributed by atoms with Gasteiger partial charge in [-0.2, -0.15) is 0 Å². The monoisotopic (exact) mass is 406 g/mol. The zero-order valence-corrected chi connectivity index (χ0v) is 16.9. The number of amides is 2. The summed E-state index contributed by atoms with van der Waals surface area (Å²) < 4.78 is 0. The number of hydrogen-bond donors (Lipinski definition) is 2. The molecule has 0 spiro atoms. The third kappa shape index (κ3) is 4.42. The number of hydrogen-bond acceptors (Lipinski definition) is 5. The van der Waals surface area contributed by atoms with Crippen molar-refractivity contribution in [3.63, 3.8) is 0 Å². The van der Waals surface area contributed by atoms with Gasteiger partial charge in [-0.25, -0.2) is 0 Å². The lowest BCUT2D eigenvalue weighted by Crippen LogP contribution is -2.64. The number of nitrogens with zero attached hydrogens (tertiary/aromatic N) is 3. The van der Waals surface area contributed by atoms with Crippen LogP contribution in [0.15, 0.2) is 24.8 Å². The maximum Gasteiger partial charge on any atom is 0.246 e. The normalized spacial score (nSPS) is 17.9. The average molecular weight is 407 g/mol. The molecule has 0 aromatic heterocycles. The van der Waals surface area contributed by atoms with E-state index in [0.29, 0.717) is 29.8 Å². The predicted octanol–water partition coefficient (Wildman–Crippen LogP) is 1.56. The van der Waals surface area contributed by atoms with Crippen LogP contribution in [0.4, 0.5) is 5.69 Å². The lowest BCUT2D eigenvalue weighted by atomic mass is 10.1. The molecule has 0 radical (unpaired) electrons. The number of halogens is 1. The zero-order chi connectivity index (χ0) is 20.3. The minimum Gasteiger partial charge on any atom is -0.506 e. The number of benzene rings is 1. The molecule has 2 amide bonds. The van der Waals surface area contributed by atoms with Crippen LogP contribution in [0.1, 0.15) is 12.5 Å². The summed E-state index contributed by atoms with van der Waals surface area (Å²) >= 11 is 6.19. The van der Waals surface area contributed by atoms with Crippen molar-refractivity contribution in [3.05, 3.63) is 35.4 Å². The maximum absolute atomic E-state index is 12.5. The van der Waals surface area contributed by atoms with Crippen LogP contribution in [0, 0.1) is 0 Å². The molecule has 2 saturated heterocycles. The highest BCUT2D eigenvalue weighted by atomic mass is 35.5. The van der Waals surface area contributed by atoms with Crippen LogP contribution in [-0.2, 0) is 16.0 Å².